The van der Waals surface area contributed by atoms with Crippen LogP contribution in [-0.2, 0) is 10.0 Å². The van der Waals surface area contributed by atoms with E-state index >= 15 is 0 Å². The summed E-state index contributed by atoms with van der Waals surface area (Å²) in [5.74, 6) is -0.733. The number of nitrogens with zero attached hydrogens (tertiary/aromatic N) is 1. The zero-order chi connectivity index (χ0) is 9.90. The summed E-state index contributed by atoms with van der Waals surface area (Å²) in [7, 11) is -3.60. The van der Waals surface area contributed by atoms with Crippen molar-refractivity contribution in [3.8, 4) is 0 Å². The van der Waals surface area contributed by atoms with Gasteiger partial charge in [-0.15, -0.1) is 0 Å². The van der Waals surface area contributed by atoms with Gasteiger partial charge in [0.25, 0.3) is 0 Å². The maximum atomic E-state index is 11.1. The van der Waals surface area contributed by atoms with Crippen molar-refractivity contribution in [2.45, 2.75) is 0 Å². The highest BCUT2D eigenvalue weighted by atomic mass is 32.2. The lowest BCUT2D eigenvalue weighted by molar-refractivity contribution is -0.212. The quantitative estimate of drug-likeness (QED) is 0.486. The summed E-state index contributed by atoms with van der Waals surface area (Å²) in [6.07, 6.45) is 0.883. The van der Waals surface area contributed by atoms with E-state index in [4.69, 9.17) is 0 Å². The van der Waals surface area contributed by atoms with Crippen molar-refractivity contribution in [1.29, 1.82) is 0 Å². The second-order valence-electron chi connectivity index (χ2n) is 2.50. The molecule has 1 rings (SSSR count). The van der Waals surface area contributed by atoms with Gasteiger partial charge in [0, 0.05) is 5.90 Å². The molecule has 1 aromatic rings. The minimum absolute atomic E-state index is 0.271. The van der Waals surface area contributed by atoms with Gasteiger partial charge in [-0.05, 0) is 5.56 Å². The SMILES string of the molecule is CS(=O)(=O)/N=C(\[O-])c1ccccc1. The molecule has 70 valence electrons. The number of hydrogen-bond acceptors (Lipinski definition) is 3. The third-order valence-corrected chi connectivity index (χ3v) is 1.77. The van der Waals surface area contributed by atoms with Gasteiger partial charge in [-0.3, -0.25) is 0 Å². The molecule has 0 fully saturated rings. The van der Waals surface area contributed by atoms with Gasteiger partial charge < -0.3 is 5.11 Å². The molecular weight excluding hydrogens is 190 g/mol. The normalized spacial score (nSPS) is 12.8. The first-order valence-electron chi connectivity index (χ1n) is 3.51. The van der Waals surface area contributed by atoms with Crippen molar-refractivity contribution in [1.82, 2.24) is 0 Å². The Morgan fingerprint density at radius 1 is 1.31 bits per heavy atom. The van der Waals surface area contributed by atoms with Crippen molar-refractivity contribution in [2.75, 3.05) is 6.26 Å². The van der Waals surface area contributed by atoms with Gasteiger partial charge in [0.1, 0.15) is 0 Å². The van der Waals surface area contributed by atoms with E-state index < -0.39 is 15.9 Å². The topological polar surface area (TPSA) is 69.6 Å². The number of rotatable bonds is 2. The first kappa shape index (κ1) is 9.73. The second kappa shape index (κ2) is 3.57. The van der Waals surface area contributed by atoms with Gasteiger partial charge in [0.15, 0.2) is 0 Å². The molecule has 0 aliphatic heterocycles. The monoisotopic (exact) mass is 198 g/mol. The van der Waals surface area contributed by atoms with E-state index in [2.05, 4.69) is 4.40 Å². The zero-order valence-electron chi connectivity index (χ0n) is 6.97. The molecule has 0 spiro atoms. The molecule has 0 aliphatic carbocycles. The Labute approximate surface area is 76.6 Å². The van der Waals surface area contributed by atoms with Crippen LogP contribution in [0.1, 0.15) is 5.56 Å². The molecule has 0 atom stereocenters. The van der Waals surface area contributed by atoms with Crippen LogP contribution in [0.5, 0.6) is 0 Å². The molecule has 1 aromatic carbocycles. The van der Waals surface area contributed by atoms with Crippen LogP contribution in [0.25, 0.3) is 0 Å². The summed E-state index contributed by atoms with van der Waals surface area (Å²) in [6, 6.07) is 8.04. The summed E-state index contributed by atoms with van der Waals surface area (Å²) in [6.45, 7) is 0. The van der Waals surface area contributed by atoms with Gasteiger partial charge in [0.05, 0.1) is 6.26 Å². The average Bonchev–Trinajstić information content (AvgIpc) is 2.03. The van der Waals surface area contributed by atoms with Gasteiger partial charge in [-0.25, -0.2) is 8.42 Å². The molecule has 0 radical (unpaired) electrons. The lowest BCUT2D eigenvalue weighted by atomic mass is 10.2. The maximum absolute atomic E-state index is 11.1. The van der Waals surface area contributed by atoms with Gasteiger partial charge in [-0.2, -0.15) is 4.40 Å². The fraction of sp³-hybridized carbons (Fsp3) is 0.125. The zero-order valence-corrected chi connectivity index (χ0v) is 7.78. The Kier molecular flexibility index (Phi) is 2.67. The highest BCUT2D eigenvalue weighted by Gasteiger charge is 1.96. The van der Waals surface area contributed by atoms with E-state index in [1.54, 1.807) is 18.2 Å². The molecule has 13 heavy (non-hydrogen) atoms. The summed E-state index contributed by atoms with van der Waals surface area (Å²) in [4.78, 5) is 0. The molecule has 0 saturated carbocycles. The van der Waals surface area contributed by atoms with Crippen LogP contribution in [0.3, 0.4) is 0 Å². The molecule has 5 heteroatoms. The lowest BCUT2D eigenvalue weighted by Crippen LogP contribution is -2.20. The first-order chi connectivity index (χ1) is 5.99. The third-order valence-electron chi connectivity index (χ3n) is 1.27. The van der Waals surface area contributed by atoms with Crippen LogP contribution in [0.4, 0.5) is 0 Å². The van der Waals surface area contributed by atoms with E-state index in [9.17, 15) is 13.5 Å². The molecule has 0 unspecified atom stereocenters. The van der Waals surface area contributed by atoms with Crippen LogP contribution in [0.2, 0.25) is 0 Å². The predicted octanol–water partition coefficient (Wildman–Crippen LogP) is -0.247. The average molecular weight is 198 g/mol. The van der Waals surface area contributed by atoms with Gasteiger partial charge in [-0.1, -0.05) is 30.3 Å². The van der Waals surface area contributed by atoms with E-state index in [0.717, 1.165) is 6.26 Å². The van der Waals surface area contributed by atoms with E-state index in [1.165, 1.54) is 12.1 Å². The standard InChI is InChI=1S/C8H9NO3S/c1-13(11,12)9-8(10)7-5-3-2-4-6-7/h2-6H,1H3,(H,9,10)/p-1. The molecule has 0 aliphatic rings. The Morgan fingerprint density at radius 3 is 2.31 bits per heavy atom. The molecule has 4 nitrogen and oxygen atoms in total. The van der Waals surface area contributed by atoms with E-state index in [0.29, 0.717) is 0 Å². The largest absolute Gasteiger partial charge is 0.858 e. The summed E-state index contributed by atoms with van der Waals surface area (Å²) in [5.41, 5.74) is 0.271. The van der Waals surface area contributed by atoms with E-state index in [1.807, 2.05) is 0 Å². The minimum atomic E-state index is -3.60. The summed E-state index contributed by atoms with van der Waals surface area (Å²) in [5, 5.41) is 11.1. The van der Waals surface area contributed by atoms with Crippen LogP contribution >= 0.6 is 0 Å². The Bertz CT molecular complexity index is 408. The molecule has 0 N–H and O–H groups in total. The third kappa shape index (κ3) is 3.25. The smallest absolute Gasteiger partial charge is 0.249 e. The highest BCUT2D eigenvalue weighted by Crippen LogP contribution is 1.98. The Hall–Kier alpha value is -1.36. The minimum Gasteiger partial charge on any atom is -0.858 e. The fourth-order valence-corrected chi connectivity index (χ4v) is 1.19. The van der Waals surface area contributed by atoms with Gasteiger partial charge in [0.2, 0.25) is 10.0 Å². The highest BCUT2D eigenvalue weighted by molar-refractivity contribution is 7.89. The number of benzene rings is 1. The molecule has 0 bridgehead atoms. The molecule has 0 heterocycles. The molecule has 0 amide bonds. The summed E-state index contributed by atoms with van der Waals surface area (Å²) >= 11 is 0. The lowest BCUT2D eigenvalue weighted by Gasteiger charge is -2.08. The Balaban J connectivity index is 3.06. The Morgan fingerprint density at radius 2 is 1.85 bits per heavy atom. The molecule has 0 saturated heterocycles. The predicted molar refractivity (Wildman–Crippen MR) is 47.8 cm³/mol. The van der Waals surface area contributed by atoms with Gasteiger partial charge >= 0.3 is 0 Å². The first-order valence-corrected chi connectivity index (χ1v) is 5.36. The number of hydrogen-bond donors (Lipinski definition) is 0. The van der Waals surface area contributed by atoms with Crippen molar-refractivity contribution in [3.63, 3.8) is 0 Å². The van der Waals surface area contributed by atoms with Crippen LogP contribution in [0.15, 0.2) is 34.7 Å². The molecule has 0 aromatic heterocycles. The van der Waals surface area contributed by atoms with E-state index in [-0.39, 0.29) is 5.56 Å². The van der Waals surface area contributed by atoms with Crippen LogP contribution < -0.4 is 5.11 Å². The van der Waals surface area contributed by atoms with Crippen molar-refractivity contribution >= 4 is 15.9 Å². The second-order valence-corrected chi connectivity index (χ2v) is 4.14. The van der Waals surface area contributed by atoms with Crippen molar-refractivity contribution in [2.24, 2.45) is 4.40 Å². The molecular formula is C8H8NO3S-. The van der Waals surface area contributed by atoms with Crippen LogP contribution in [0, 0.1) is 0 Å². The van der Waals surface area contributed by atoms with Crippen LogP contribution in [-0.4, -0.2) is 20.6 Å². The fourth-order valence-electron chi connectivity index (χ4n) is 0.784. The number of sulfonamides is 1. The van der Waals surface area contributed by atoms with Crippen molar-refractivity contribution in [3.05, 3.63) is 35.9 Å². The van der Waals surface area contributed by atoms with Crippen molar-refractivity contribution < 1.29 is 13.5 Å². The maximum Gasteiger partial charge on any atom is 0.249 e. The summed E-state index contributed by atoms with van der Waals surface area (Å²) < 4.78 is 24.3.